The van der Waals surface area contributed by atoms with Gasteiger partial charge in [0.05, 0.1) is 16.1 Å². The minimum absolute atomic E-state index is 0.154. The van der Waals surface area contributed by atoms with Gasteiger partial charge in [0.2, 0.25) is 0 Å². The number of hydrogen-bond acceptors (Lipinski definition) is 5. The second-order valence-corrected chi connectivity index (χ2v) is 7.84. The lowest BCUT2D eigenvalue weighted by Gasteiger charge is -2.10. The molecule has 0 aliphatic heterocycles. The van der Waals surface area contributed by atoms with Crippen LogP contribution in [0.2, 0.25) is 0 Å². The Morgan fingerprint density at radius 1 is 1.07 bits per heavy atom. The van der Waals surface area contributed by atoms with Crippen LogP contribution in [0.25, 0.3) is 0 Å². The van der Waals surface area contributed by atoms with Gasteiger partial charge in [-0.2, -0.15) is 0 Å². The Hall–Kier alpha value is -2.90. The third kappa shape index (κ3) is 5.09. The van der Waals surface area contributed by atoms with Gasteiger partial charge < -0.3 is 20.0 Å². The van der Waals surface area contributed by atoms with Gasteiger partial charge in [-0.1, -0.05) is 24.3 Å². The summed E-state index contributed by atoms with van der Waals surface area (Å²) in [7, 11) is 4.06. The first-order valence-corrected chi connectivity index (χ1v) is 9.70. The topological polar surface area (TPSA) is 74.6 Å². The van der Waals surface area contributed by atoms with Gasteiger partial charge in [0.15, 0.2) is 5.76 Å². The lowest BCUT2D eigenvalue weighted by Crippen LogP contribution is -2.22. The van der Waals surface area contributed by atoms with Crippen LogP contribution in [0.1, 0.15) is 36.9 Å². The Labute approximate surface area is 168 Å². The van der Waals surface area contributed by atoms with Crippen LogP contribution in [0.15, 0.2) is 53.1 Å². The van der Waals surface area contributed by atoms with Crippen LogP contribution in [0.3, 0.4) is 0 Å². The van der Waals surface area contributed by atoms with Crippen LogP contribution in [0.5, 0.6) is 0 Å². The highest BCUT2D eigenvalue weighted by Gasteiger charge is 2.16. The summed E-state index contributed by atoms with van der Waals surface area (Å²) in [4.78, 5) is 27.3. The number of amides is 2. The molecule has 0 radical (unpaired) electrons. The summed E-state index contributed by atoms with van der Waals surface area (Å²) in [5.74, 6) is -0.260. The van der Waals surface area contributed by atoms with Gasteiger partial charge >= 0.3 is 0 Å². The minimum Gasteiger partial charge on any atom is -0.459 e. The van der Waals surface area contributed by atoms with E-state index >= 15 is 0 Å². The lowest BCUT2D eigenvalue weighted by molar-refractivity contribution is 0.0953. The summed E-state index contributed by atoms with van der Waals surface area (Å²) in [5, 5.41) is 6.31. The molecule has 3 rings (SSSR count). The number of nitrogens with one attached hydrogen (secondary N) is 2. The molecule has 146 valence electrons. The summed E-state index contributed by atoms with van der Waals surface area (Å²) < 4.78 is 5.08. The normalized spacial score (nSPS) is 10.9. The molecule has 2 heterocycles. The first-order valence-electron chi connectivity index (χ1n) is 8.88. The van der Waals surface area contributed by atoms with Crippen molar-refractivity contribution in [2.75, 3.05) is 19.4 Å². The number of aryl methyl sites for hydroxylation is 1. The van der Waals surface area contributed by atoms with Crippen molar-refractivity contribution in [3.05, 3.63) is 76.1 Å². The SMILES string of the molecule is Cc1cc(NC(=O)c2ccco2)sc1C(=O)NCc1ccc(CN(C)C)cc1. The zero-order valence-electron chi connectivity index (χ0n) is 16.1. The molecule has 1 aromatic carbocycles. The molecule has 3 aromatic rings. The molecule has 2 amide bonds. The van der Waals surface area contributed by atoms with Gasteiger partial charge in [0.25, 0.3) is 11.8 Å². The molecule has 0 aliphatic carbocycles. The summed E-state index contributed by atoms with van der Waals surface area (Å²) >= 11 is 1.25. The molecule has 0 saturated carbocycles. The second-order valence-electron chi connectivity index (χ2n) is 6.79. The average Bonchev–Trinajstić information content (AvgIpc) is 3.30. The van der Waals surface area contributed by atoms with Crippen molar-refractivity contribution in [2.24, 2.45) is 0 Å². The summed E-state index contributed by atoms with van der Waals surface area (Å²) in [6.07, 6.45) is 1.44. The van der Waals surface area contributed by atoms with Crippen LogP contribution < -0.4 is 10.6 Å². The number of nitrogens with zero attached hydrogens (tertiary/aromatic N) is 1. The number of carbonyl (C=O) groups is 2. The van der Waals surface area contributed by atoms with E-state index < -0.39 is 0 Å². The molecule has 2 N–H and O–H groups in total. The fourth-order valence-electron chi connectivity index (χ4n) is 2.74. The Balaban J connectivity index is 1.58. The van der Waals surface area contributed by atoms with Crippen molar-refractivity contribution in [1.29, 1.82) is 0 Å². The summed E-state index contributed by atoms with van der Waals surface area (Å²) in [5.41, 5.74) is 3.08. The number of hydrogen-bond donors (Lipinski definition) is 2. The van der Waals surface area contributed by atoms with E-state index in [4.69, 9.17) is 4.42 Å². The molecule has 0 unspecified atom stereocenters. The zero-order valence-corrected chi connectivity index (χ0v) is 16.9. The van der Waals surface area contributed by atoms with Crippen LogP contribution in [0.4, 0.5) is 5.00 Å². The summed E-state index contributed by atoms with van der Waals surface area (Å²) in [6.45, 7) is 3.18. The molecule has 0 aliphatic rings. The Kier molecular flexibility index (Phi) is 6.28. The van der Waals surface area contributed by atoms with E-state index in [1.54, 1.807) is 18.2 Å². The highest BCUT2D eigenvalue weighted by molar-refractivity contribution is 7.18. The molecule has 0 saturated heterocycles. The van der Waals surface area contributed by atoms with E-state index in [1.165, 1.54) is 23.2 Å². The van der Waals surface area contributed by atoms with Gasteiger partial charge in [-0.05, 0) is 55.9 Å². The highest BCUT2D eigenvalue weighted by Crippen LogP contribution is 2.27. The molecule has 2 aromatic heterocycles. The molecule has 28 heavy (non-hydrogen) atoms. The molecular formula is C21H23N3O3S. The quantitative estimate of drug-likeness (QED) is 0.634. The van der Waals surface area contributed by atoms with Crippen molar-refractivity contribution < 1.29 is 14.0 Å². The Bertz CT molecular complexity index is 944. The predicted molar refractivity (Wildman–Crippen MR) is 111 cm³/mol. The van der Waals surface area contributed by atoms with Gasteiger partial charge in [0.1, 0.15) is 0 Å². The van der Waals surface area contributed by atoms with Crippen LogP contribution >= 0.6 is 11.3 Å². The Morgan fingerprint density at radius 3 is 2.43 bits per heavy atom. The average molecular weight is 398 g/mol. The Morgan fingerprint density at radius 2 is 1.79 bits per heavy atom. The third-order valence-corrected chi connectivity index (χ3v) is 5.23. The molecule has 0 bridgehead atoms. The van der Waals surface area contributed by atoms with Crippen molar-refractivity contribution in [3.8, 4) is 0 Å². The largest absolute Gasteiger partial charge is 0.459 e. The molecule has 6 nitrogen and oxygen atoms in total. The monoisotopic (exact) mass is 397 g/mol. The predicted octanol–water partition coefficient (Wildman–Crippen LogP) is 3.89. The van der Waals surface area contributed by atoms with E-state index in [2.05, 4.69) is 27.7 Å². The van der Waals surface area contributed by atoms with Crippen molar-refractivity contribution in [1.82, 2.24) is 10.2 Å². The van der Waals surface area contributed by atoms with Crippen molar-refractivity contribution >= 4 is 28.2 Å². The zero-order chi connectivity index (χ0) is 20.1. The fraction of sp³-hybridized carbons (Fsp3) is 0.238. The van der Waals surface area contributed by atoms with Crippen molar-refractivity contribution in [3.63, 3.8) is 0 Å². The van der Waals surface area contributed by atoms with Gasteiger partial charge in [-0.25, -0.2) is 0 Å². The molecule has 0 fully saturated rings. The van der Waals surface area contributed by atoms with Crippen LogP contribution in [0, 0.1) is 6.92 Å². The number of benzene rings is 1. The third-order valence-electron chi connectivity index (χ3n) is 4.08. The van der Waals surface area contributed by atoms with E-state index in [0.717, 1.165) is 17.7 Å². The maximum atomic E-state index is 12.5. The van der Waals surface area contributed by atoms with Crippen molar-refractivity contribution in [2.45, 2.75) is 20.0 Å². The van der Waals surface area contributed by atoms with E-state index in [9.17, 15) is 9.59 Å². The molecule has 0 spiro atoms. The van der Waals surface area contributed by atoms with E-state index in [-0.39, 0.29) is 17.6 Å². The molecular weight excluding hydrogens is 374 g/mol. The number of carbonyl (C=O) groups excluding carboxylic acids is 2. The molecule has 7 heteroatoms. The maximum absolute atomic E-state index is 12.5. The first kappa shape index (κ1) is 19.9. The van der Waals surface area contributed by atoms with E-state index in [1.807, 2.05) is 33.2 Å². The lowest BCUT2D eigenvalue weighted by atomic mass is 10.1. The van der Waals surface area contributed by atoms with Gasteiger partial charge in [-0.3, -0.25) is 9.59 Å². The minimum atomic E-state index is -0.337. The number of rotatable bonds is 7. The van der Waals surface area contributed by atoms with Crippen LogP contribution in [-0.4, -0.2) is 30.8 Å². The van der Waals surface area contributed by atoms with Crippen LogP contribution in [-0.2, 0) is 13.1 Å². The number of thiophene rings is 1. The second kappa shape index (κ2) is 8.86. The highest BCUT2D eigenvalue weighted by atomic mass is 32.1. The van der Waals surface area contributed by atoms with E-state index in [0.29, 0.717) is 16.4 Å². The first-order chi connectivity index (χ1) is 13.4. The molecule has 0 atom stereocenters. The summed E-state index contributed by atoms with van der Waals surface area (Å²) in [6, 6.07) is 13.2. The number of furan rings is 1. The fourth-order valence-corrected chi connectivity index (χ4v) is 3.72. The standard InChI is InChI=1S/C21H23N3O3S/c1-14-11-18(23-20(25)17-5-4-10-27-17)28-19(14)21(26)22-12-15-6-8-16(9-7-15)13-24(2)3/h4-11H,12-13H2,1-3H3,(H,22,26)(H,23,25). The van der Waals surface area contributed by atoms with Gasteiger partial charge in [-0.15, -0.1) is 11.3 Å². The maximum Gasteiger partial charge on any atom is 0.291 e. The smallest absolute Gasteiger partial charge is 0.291 e. The number of anilines is 1. The van der Waals surface area contributed by atoms with Gasteiger partial charge in [0, 0.05) is 13.1 Å².